The molecule has 0 aromatic heterocycles. The second-order valence-electron chi connectivity index (χ2n) is 4.19. The molecule has 5 nitrogen and oxygen atoms in total. The molecule has 108 valence electrons. The lowest BCUT2D eigenvalue weighted by Crippen LogP contribution is -2.29. The molecule has 6 heteroatoms. The van der Waals surface area contributed by atoms with Crippen LogP contribution in [0, 0.1) is 11.3 Å². The van der Waals surface area contributed by atoms with Crippen LogP contribution in [0.15, 0.2) is 18.2 Å². The third-order valence-corrected chi connectivity index (χ3v) is 2.91. The van der Waals surface area contributed by atoms with Crippen molar-refractivity contribution >= 4 is 17.5 Å². The third-order valence-electron chi connectivity index (χ3n) is 2.67. The Morgan fingerprint density at radius 2 is 2.30 bits per heavy atom. The highest BCUT2D eigenvalue weighted by Crippen LogP contribution is 2.28. The van der Waals surface area contributed by atoms with Gasteiger partial charge < -0.3 is 15.4 Å². The van der Waals surface area contributed by atoms with Crippen LogP contribution < -0.4 is 15.4 Å². The Balaban J connectivity index is 2.74. The van der Waals surface area contributed by atoms with Gasteiger partial charge in [0.2, 0.25) is 0 Å². The van der Waals surface area contributed by atoms with Gasteiger partial charge >= 0.3 is 0 Å². The molecule has 0 saturated carbocycles. The van der Waals surface area contributed by atoms with Gasteiger partial charge in [0.25, 0.3) is 5.91 Å². The molecule has 0 aliphatic heterocycles. The van der Waals surface area contributed by atoms with Crippen molar-refractivity contribution in [2.75, 3.05) is 19.7 Å². The van der Waals surface area contributed by atoms with Gasteiger partial charge in [0, 0.05) is 16.6 Å². The molecule has 0 heterocycles. The van der Waals surface area contributed by atoms with E-state index >= 15 is 0 Å². The second-order valence-corrected chi connectivity index (χ2v) is 4.62. The van der Waals surface area contributed by atoms with Crippen LogP contribution in [-0.4, -0.2) is 25.6 Å². The summed E-state index contributed by atoms with van der Waals surface area (Å²) in [6.07, 6.45) is 0. The lowest BCUT2D eigenvalue weighted by molar-refractivity contribution is -0.122. The number of ether oxygens (including phenoxy) is 1. The second kappa shape index (κ2) is 8.41. The van der Waals surface area contributed by atoms with Crippen LogP contribution in [0.3, 0.4) is 0 Å². The largest absolute Gasteiger partial charge is 0.483 e. The minimum Gasteiger partial charge on any atom is -0.483 e. The summed E-state index contributed by atoms with van der Waals surface area (Å²) in [5, 5.41) is 14.7. The normalized spacial score (nSPS) is 11.5. The summed E-state index contributed by atoms with van der Waals surface area (Å²) in [5.74, 6) is 0.276. The molecule has 0 bridgehead atoms. The molecule has 20 heavy (non-hydrogen) atoms. The molecule has 1 aromatic rings. The Morgan fingerprint density at radius 3 is 2.95 bits per heavy atom. The predicted octanol–water partition coefficient (Wildman–Crippen LogP) is 2.03. The van der Waals surface area contributed by atoms with Gasteiger partial charge in [-0.25, -0.2) is 0 Å². The van der Waals surface area contributed by atoms with Crippen molar-refractivity contribution in [3.05, 3.63) is 28.8 Å². The first-order valence-electron chi connectivity index (χ1n) is 6.37. The van der Waals surface area contributed by atoms with Crippen molar-refractivity contribution in [2.45, 2.75) is 19.9 Å². The number of halogens is 1. The first kappa shape index (κ1) is 16.3. The highest BCUT2D eigenvalue weighted by molar-refractivity contribution is 6.30. The molecule has 0 aliphatic carbocycles. The van der Waals surface area contributed by atoms with Gasteiger partial charge in [-0.05, 0) is 31.7 Å². The van der Waals surface area contributed by atoms with E-state index in [-0.39, 0.29) is 25.1 Å². The van der Waals surface area contributed by atoms with E-state index in [1.54, 1.807) is 12.1 Å². The summed E-state index contributed by atoms with van der Waals surface area (Å²) < 4.78 is 5.50. The summed E-state index contributed by atoms with van der Waals surface area (Å²) in [4.78, 5) is 11.4. The number of carbonyl (C=O) groups is 1. The fourth-order valence-electron chi connectivity index (χ4n) is 1.74. The van der Waals surface area contributed by atoms with Crippen LogP contribution in [0.1, 0.15) is 25.5 Å². The Hall–Kier alpha value is -1.77. The molecule has 1 amide bonds. The molecule has 0 radical (unpaired) electrons. The summed E-state index contributed by atoms with van der Waals surface area (Å²) in [6.45, 7) is 4.67. The van der Waals surface area contributed by atoms with E-state index in [0.29, 0.717) is 10.8 Å². The number of nitrogens with zero attached hydrogens (tertiary/aromatic N) is 1. The van der Waals surface area contributed by atoms with Gasteiger partial charge in [0.15, 0.2) is 6.61 Å². The average Bonchev–Trinajstić information content (AvgIpc) is 2.43. The number of nitrogens with one attached hydrogen (secondary N) is 2. The number of hydrogen-bond acceptors (Lipinski definition) is 4. The highest BCUT2D eigenvalue weighted by Gasteiger charge is 2.12. The Labute approximate surface area is 123 Å². The van der Waals surface area contributed by atoms with Crippen molar-refractivity contribution in [3.8, 4) is 11.8 Å². The molecular formula is C14H18ClN3O2. The van der Waals surface area contributed by atoms with E-state index in [0.717, 1.165) is 12.1 Å². The van der Waals surface area contributed by atoms with Crippen molar-refractivity contribution in [1.82, 2.24) is 10.6 Å². The topological polar surface area (TPSA) is 74.2 Å². The maximum Gasteiger partial charge on any atom is 0.258 e. The summed E-state index contributed by atoms with van der Waals surface area (Å²) >= 11 is 5.99. The quantitative estimate of drug-likeness (QED) is 0.755. The highest BCUT2D eigenvalue weighted by atomic mass is 35.5. The number of nitriles is 1. The van der Waals surface area contributed by atoms with Crippen molar-refractivity contribution in [1.29, 1.82) is 5.26 Å². The van der Waals surface area contributed by atoms with E-state index in [9.17, 15) is 4.79 Å². The maximum atomic E-state index is 11.4. The Bertz CT molecular complexity index is 500. The van der Waals surface area contributed by atoms with E-state index < -0.39 is 0 Å². The van der Waals surface area contributed by atoms with Crippen molar-refractivity contribution in [2.24, 2.45) is 0 Å². The van der Waals surface area contributed by atoms with Gasteiger partial charge in [0.05, 0.1) is 6.07 Å². The molecule has 0 aliphatic rings. The fourth-order valence-corrected chi connectivity index (χ4v) is 1.92. The molecule has 0 fully saturated rings. The number of rotatable bonds is 7. The first-order chi connectivity index (χ1) is 9.58. The zero-order valence-electron chi connectivity index (χ0n) is 11.6. The van der Waals surface area contributed by atoms with Crippen LogP contribution >= 0.6 is 11.6 Å². The maximum absolute atomic E-state index is 11.4. The summed E-state index contributed by atoms with van der Waals surface area (Å²) in [5.41, 5.74) is 0.896. The molecule has 0 saturated heterocycles. The average molecular weight is 296 g/mol. The zero-order valence-corrected chi connectivity index (χ0v) is 12.3. The van der Waals surface area contributed by atoms with Gasteiger partial charge in [-0.3, -0.25) is 4.79 Å². The fraction of sp³-hybridized carbons (Fsp3) is 0.429. The van der Waals surface area contributed by atoms with Gasteiger partial charge in [-0.1, -0.05) is 18.5 Å². The van der Waals surface area contributed by atoms with Crippen LogP contribution in [0.25, 0.3) is 0 Å². The van der Waals surface area contributed by atoms with E-state index in [1.807, 2.05) is 26.0 Å². The molecule has 0 spiro atoms. The Morgan fingerprint density at radius 1 is 1.55 bits per heavy atom. The molecule has 1 rings (SSSR count). The summed E-state index contributed by atoms with van der Waals surface area (Å²) in [7, 11) is 0. The van der Waals surface area contributed by atoms with Crippen LogP contribution in [0.4, 0.5) is 0 Å². The molecule has 1 unspecified atom stereocenters. The SMILES string of the molecule is CCNC(C)c1cc(Cl)ccc1OCC(=O)NCC#N. The zero-order chi connectivity index (χ0) is 15.0. The number of benzene rings is 1. The Kier molecular flexibility index (Phi) is 6.85. The summed E-state index contributed by atoms with van der Waals surface area (Å²) in [6, 6.07) is 7.17. The minimum atomic E-state index is -0.330. The molecule has 1 aromatic carbocycles. The van der Waals surface area contributed by atoms with Crippen LogP contribution in [0.2, 0.25) is 5.02 Å². The lowest BCUT2D eigenvalue weighted by atomic mass is 10.1. The predicted molar refractivity (Wildman–Crippen MR) is 77.7 cm³/mol. The van der Waals surface area contributed by atoms with Crippen molar-refractivity contribution < 1.29 is 9.53 Å². The smallest absolute Gasteiger partial charge is 0.258 e. The van der Waals surface area contributed by atoms with Gasteiger partial charge in [-0.15, -0.1) is 0 Å². The lowest BCUT2D eigenvalue weighted by Gasteiger charge is -2.17. The van der Waals surface area contributed by atoms with Gasteiger partial charge in [-0.2, -0.15) is 5.26 Å². The standard InChI is InChI=1S/C14H18ClN3O2/c1-3-17-10(2)12-8-11(15)4-5-13(12)20-9-14(19)18-7-6-16/h4-5,8,10,17H,3,7,9H2,1-2H3,(H,18,19). The van der Waals surface area contributed by atoms with Gasteiger partial charge in [0.1, 0.15) is 12.3 Å². The van der Waals surface area contributed by atoms with E-state index in [4.69, 9.17) is 21.6 Å². The van der Waals surface area contributed by atoms with Crippen molar-refractivity contribution in [3.63, 3.8) is 0 Å². The van der Waals surface area contributed by atoms with E-state index in [1.165, 1.54) is 0 Å². The van der Waals surface area contributed by atoms with Crippen LogP contribution in [0.5, 0.6) is 5.75 Å². The third kappa shape index (κ3) is 5.08. The minimum absolute atomic E-state index is 0.0243. The number of hydrogen-bond donors (Lipinski definition) is 2. The molecule has 2 N–H and O–H groups in total. The number of amides is 1. The molecular weight excluding hydrogens is 278 g/mol. The van der Waals surface area contributed by atoms with E-state index in [2.05, 4.69) is 10.6 Å². The molecule has 1 atom stereocenters. The first-order valence-corrected chi connectivity index (χ1v) is 6.75. The number of carbonyl (C=O) groups excluding carboxylic acids is 1. The van der Waals surface area contributed by atoms with Crippen LogP contribution in [-0.2, 0) is 4.79 Å². The monoisotopic (exact) mass is 295 g/mol.